The smallest absolute Gasteiger partial charge is 0.193 e. The van der Waals surface area contributed by atoms with E-state index in [1.54, 1.807) is 24.4 Å². The van der Waals surface area contributed by atoms with Gasteiger partial charge < -0.3 is 0 Å². The summed E-state index contributed by atoms with van der Waals surface area (Å²) in [6, 6.07) is 6.18. The van der Waals surface area contributed by atoms with Crippen LogP contribution in [0, 0.1) is 12.7 Å². The maximum absolute atomic E-state index is 13.1. The molecule has 0 atom stereocenters. The van der Waals surface area contributed by atoms with Gasteiger partial charge in [-0.25, -0.2) is 4.39 Å². The van der Waals surface area contributed by atoms with E-state index in [0.29, 0.717) is 16.7 Å². The molecule has 0 fully saturated rings. The van der Waals surface area contributed by atoms with Gasteiger partial charge in [0.1, 0.15) is 5.82 Å². The lowest BCUT2D eigenvalue weighted by molar-refractivity contribution is 0.103. The van der Waals surface area contributed by atoms with Crippen molar-refractivity contribution in [3.63, 3.8) is 0 Å². The fraction of sp³-hybridized carbons (Fsp3) is 0.0833. The predicted molar refractivity (Wildman–Crippen MR) is 66.6 cm³/mol. The van der Waals surface area contributed by atoms with Crippen LogP contribution < -0.4 is 0 Å². The van der Waals surface area contributed by atoms with Crippen molar-refractivity contribution < 1.29 is 9.18 Å². The summed E-state index contributed by atoms with van der Waals surface area (Å²) in [5.74, 6) is -0.368. The second kappa shape index (κ2) is 4.47. The van der Waals surface area contributed by atoms with Crippen molar-refractivity contribution in [1.82, 2.24) is 0 Å². The molecule has 16 heavy (non-hydrogen) atoms. The van der Waals surface area contributed by atoms with Gasteiger partial charge in [0.25, 0.3) is 0 Å². The van der Waals surface area contributed by atoms with Gasteiger partial charge in [-0.3, -0.25) is 4.79 Å². The topological polar surface area (TPSA) is 17.1 Å². The van der Waals surface area contributed by atoms with Gasteiger partial charge >= 0.3 is 0 Å². The van der Waals surface area contributed by atoms with Crippen LogP contribution in [0.2, 0.25) is 0 Å². The number of carbonyl (C=O) groups is 1. The molecule has 0 bridgehead atoms. The fourth-order valence-electron chi connectivity index (χ4n) is 1.38. The number of halogens is 2. The molecule has 0 saturated heterocycles. The van der Waals surface area contributed by atoms with E-state index in [1.165, 1.54) is 23.5 Å². The lowest BCUT2D eigenvalue weighted by Gasteiger charge is -2.01. The summed E-state index contributed by atoms with van der Waals surface area (Å²) in [6.45, 7) is 1.65. The molecule has 0 aliphatic heterocycles. The third-order valence-corrected chi connectivity index (χ3v) is 3.75. The molecular weight excluding hydrogens is 291 g/mol. The second-order valence-electron chi connectivity index (χ2n) is 3.43. The summed E-state index contributed by atoms with van der Waals surface area (Å²) in [6.07, 6.45) is 0. The second-order valence-corrected chi connectivity index (χ2v) is 5.72. The zero-order valence-electron chi connectivity index (χ0n) is 8.46. The Labute approximate surface area is 105 Å². The molecule has 0 saturated carbocycles. The Balaban J connectivity index is 2.38. The zero-order chi connectivity index (χ0) is 11.7. The maximum atomic E-state index is 13.1. The van der Waals surface area contributed by atoms with Crippen molar-refractivity contribution in [2.75, 3.05) is 0 Å². The van der Waals surface area contributed by atoms with E-state index in [4.69, 9.17) is 0 Å². The van der Waals surface area contributed by atoms with Crippen LogP contribution in [0.1, 0.15) is 21.5 Å². The summed E-state index contributed by atoms with van der Waals surface area (Å²) < 4.78 is 14.0. The Bertz CT molecular complexity index is 548. The monoisotopic (exact) mass is 298 g/mol. The number of hydrogen-bond acceptors (Lipinski definition) is 2. The third-order valence-electron chi connectivity index (χ3n) is 2.25. The molecule has 1 nitrogen and oxygen atoms in total. The van der Waals surface area contributed by atoms with Gasteiger partial charge in [-0.1, -0.05) is 0 Å². The lowest BCUT2D eigenvalue weighted by Crippen LogP contribution is -2.00. The van der Waals surface area contributed by atoms with E-state index in [-0.39, 0.29) is 11.6 Å². The zero-order valence-corrected chi connectivity index (χ0v) is 10.9. The summed E-state index contributed by atoms with van der Waals surface area (Å²) in [5.41, 5.74) is 1.63. The van der Waals surface area contributed by atoms with Crippen molar-refractivity contribution in [2.24, 2.45) is 0 Å². The number of carbonyl (C=O) groups excluding carboxylic acids is 1. The first-order chi connectivity index (χ1) is 7.58. The molecule has 0 spiro atoms. The van der Waals surface area contributed by atoms with Gasteiger partial charge in [-0.15, -0.1) is 11.3 Å². The molecule has 82 valence electrons. The van der Waals surface area contributed by atoms with E-state index in [1.807, 2.05) is 0 Å². The van der Waals surface area contributed by atoms with Crippen LogP contribution in [0.15, 0.2) is 33.4 Å². The molecule has 0 aliphatic rings. The van der Waals surface area contributed by atoms with E-state index in [9.17, 15) is 9.18 Å². The fourth-order valence-corrected chi connectivity index (χ4v) is 2.52. The number of hydrogen-bond donors (Lipinski definition) is 0. The van der Waals surface area contributed by atoms with Crippen molar-refractivity contribution in [2.45, 2.75) is 6.92 Å². The van der Waals surface area contributed by atoms with Crippen LogP contribution in [-0.4, -0.2) is 5.78 Å². The predicted octanol–water partition coefficient (Wildman–Crippen LogP) is 4.19. The van der Waals surface area contributed by atoms with Crippen molar-refractivity contribution >= 4 is 33.0 Å². The van der Waals surface area contributed by atoms with Gasteiger partial charge in [0.2, 0.25) is 0 Å². The lowest BCUT2D eigenvalue weighted by atomic mass is 10.0. The Morgan fingerprint density at radius 1 is 1.31 bits per heavy atom. The molecule has 4 heteroatoms. The molecule has 1 aromatic heterocycles. The van der Waals surface area contributed by atoms with Crippen LogP contribution >= 0.6 is 27.3 Å². The number of rotatable bonds is 2. The van der Waals surface area contributed by atoms with Crippen LogP contribution in [0.5, 0.6) is 0 Å². The average molecular weight is 299 g/mol. The first kappa shape index (κ1) is 11.5. The highest BCUT2D eigenvalue weighted by Crippen LogP contribution is 2.23. The molecular formula is C12H8BrFOS. The standard InChI is InChI=1S/C12H8BrFOS/c1-7-4-8(2-3-10(7)14)12(15)9-5-11(13)16-6-9/h2-6H,1H3. The van der Waals surface area contributed by atoms with Crippen LogP contribution in [-0.2, 0) is 0 Å². The van der Waals surface area contributed by atoms with Gasteiger partial charge in [0.05, 0.1) is 3.79 Å². The SMILES string of the molecule is Cc1cc(C(=O)c2csc(Br)c2)ccc1F. The van der Waals surface area contributed by atoms with E-state index >= 15 is 0 Å². The largest absolute Gasteiger partial charge is 0.289 e. The van der Waals surface area contributed by atoms with Crippen molar-refractivity contribution in [1.29, 1.82) is 0 Å². The highest BCUT2D eigenvalue weighted by molar-refractivity contribution is 9.11. The molecule has 1 heterocycles. The van der Waals surface area contributed by atoms with Gasteiger partial charge in [-0.2, -0.15) is 0 Å². The average Bonchev–Trinajstić information content (AvgIpc) is 2.68. The molecule has 2 rings (SSSR count). The van der Waals surface area contributed by atoms with Gasteiger partial charge in [0, 0.05) is 16.5 Å². The van der Waals surface area contributed by atoms with E-state index in [2.05, 4.69) is 15.9 Å². The number of thiophene rings is 1. The molecule has 0 aliphatic carbocycles. The third kappa shape index (κ3) is 2.23. The number of ketones is 1. The normalized spacial score (nSPS) is 10.4. The minimum absolute atomic E-state index is 0.0787. The van der Waals surface area contributed by atoms with E-state index < -0.39 is 0 Å². The molecule has 2 aromatic rings. The first-order valence-corrected chi connectivity index (χ1v) is 6.30. The van der Waals surface area contributed by atoms with Gasteiger partial charge in [0.15, 0.2) is 5.78 Å². The van der Waals surface area contributed by atoms with Crippen LogP contribution in [0.3, 0.4) is 0 Å². The first-order valence-electron chi connectivity index (χ1n) is 4.63. The molecule has 0 unspecified atom stereocenters. The van der Waals surface area contributed by atoms with Crippen molar-refractivity contribution in [3.05, 3.63) is 55.9 Å². The minimum Gasteiger partial charge on any atom is -0.289 e. The Hall–Kier alpha value is -1.00. The summed E-state index contributed by atoms with van der Waals surface area (Å²) in [5, 5.41) is 1.78. The number of benzene rings is 1. The summed E-state index contributed by atoms with van der Waals surface area (Å²) in [7, 11) is 0. The Morgan fingerprint density at radius 3 is 2.62 bits per heavy atom. The summed E-state index contributed by atoms with van der Waals surface area (Å²) >= 11 is 4.76. The highest BCUT2D eigenvalue weighted by Gasteiger charge is 2.11. The Kier molecular flexibility index (Phi) is 3.21. The molecule has 0 radical (unpaired) electrons. The molecule has 0 N–H and O–H groups in total. The molecule has 0 amide bonds. The van der Waals surface area contributed by atoms with Crippen LogP contribution in [0.4, 0.5) is 4.39 Å². The number of aryl methyl sites for hydroxylation is 1. The highest BCUT2D eigenvalue weighted by atomic mass is 79.9. The van der Waals surface area contributed by atoms with Crippen molar-refractivity contribution in [3.8, 4) is 0 Å². The summed E-state index contributed by atoms with van der Waals surface area (Å²) in [4.78, 5) is 12.0. The molecule has 1 aromatic carbocycles. The van der Waals surface area contributed by atoms with Gasteiger partial charge in [-0.05, 0) is 52.7 Å². The van der Waals surface area contributed by atoms with E-state index in [0.717, 1.165) is 3.79 Å². The van der Waals surface area contributed by atoms with Crippen LogP contribution in [0.25, 0.3) is 0 Å². The maximum Gasteiger partial charge on any atom is 0.193 e. The Morgan fingerprint density at radius 2 is 2.06 bits per heavy atom. The minimum atomic E-state index is -0.289. The quantitative estimate of drug-likeness (QED) is 0.760.